The molecule has 1 aliphatic heterocycles. The minimum Gasteiger partial charge on any atom is -0.481 e. The van der Waals surface area contributed by atoms with Gasteiger partial charge in [-0.25, -0.2) is 0 Å². The number of benzene rings is 2. The molecule has 25 heavy (non-hydrogen) atoms. The quantitative estimate of drug-likeness (QED) is 0.593. The Hall–Kier alpha value is -3.28. The van der Waals surface area contributed by atoms with Crippen LogP contribution in [0.2, 0.25) is 0 Å². The van der Waals surface area contributed by atoms with Gasteiger partial charge in [-0.15, -0.1) is 0 Å². The average molecular weight is 337 g/mol. The molecule has 6 heteroatoms. The number of rotatable bonds is 3. The van der Waals surface area contributed by atoms with Crippen LogP contribution in [-0.2, 0) is 14.3 Å². The molecule has 0 aromatic heterocycles. The van der Waals surface area contributed by atoms with Gasteiger partial charge in [0.25, 0.3) is 5.91 Å². The van der Waals surface area contributed by atoms with Gasteiger partial charge in [0.15, 0.2) is 5.70 Å². The molecule has 1 atom stereocenters. The van der Waals surface area contributed by atoms with Crippen LogP contribution >= 0.6 is 0 Å². The average Bonchev–Trinajstić information content (AvgIpc) is 2.76. The van der Waals surface area contributed by atoms with Gasteiger partial charge in [0.2, 0.25) is 11.8 Å². The second-order valence-corrected chi connectivity index (χ2v) is 5.62. The summed E-state index contributed by atoms with van der Waals surface area (Å²) in [5.74, 6) is -0.618. The van der Waals surface area contributed by atoms with Gasteiger partial charge in [-0.3, -0.25) is 14.9 Å². The van der Waals surface area contributed by atoms with Crippen molar-refractivity contribution in [2.45, 2.75) is 13.0 Å². The lowest BCUT2D eigenvalue weighted by molar-refractivity contribution is -0.119. The van der Waals surface area contributed by atoms with Gasteiger partial charge in [-0.2, -0.15) is 0 Å². The maximum Gasteiger partial charge on any atom is 0.277 e. The normalized spacial score (nSPS) is 18.2. The number of ether oxygens (including phenoxy) is 1. The summed E-state index contributed by atoms with van der Waals surface area (Å²) < 4.78 is 5.23. The standard InChI is InChI=1S/C19H19N3O3/c1-12(23)20-19(25-2)17-18(24)21-15-11-7-6-10-14(15)16(22-17)13-8-4-3-5-9-13/h3-11,16,22H,1-2H3,(H,20,23)(H,21,24)/b19-17+/t16-/m1/s1. The van der Waals surface area contributed by atoms with Crippen molar-refractivity contribution in [1.82, 2.24) is 10.6 Å². The lowest BCUT2D eigenvalue weighted by Gasteiger charge is -2.21. The smallest absolute Gasteiger partial charge is 0.277 e. The molecular weight excluding hydrogens is 318 g/mol. The first kappa shape index (κ1) is 16.6. The lowest BCUT2D eigenvalue weighted by atomic mass is 9.97. The Morgan fingerprint density at radius 3 is 2.44 bits per heavy atom. The fraction of sp³-hybridized carbons (Fsp3) is 0.158. The number of fused-ring (bicyclic) bond motifs is 1. The van der Waals surface area contributed by atoms with Gasteiger partial charge in [0.1, 0.15) is 0 Å². The van der Waals surface area contributed by atoms with Crippen molar-refractivity contribution in [2.24, 2.45) is 0 Å². The number of para-hydroxylation sites is 1. The first-order valence-corrected chi connectivity index (χ1v) is 7.87. The van der Waals surface area contributed by atoms with Crippen molar-refractivity contribution >= 4 is 17.5 Å². The largest absolute Gasteiger partial charge is 0.481 e. The molecule has 128 valence electrons. The Morgan fingerprint density at radius 2 is 1.76 bits per heavy atom. The van der Waals surface area contributed by atoms with Crippen LogP contribution in [-0.4, -0.2) is 18.9 Å². The molecular formula is C19H19N3O3. The Bertz CT molecular complexity index is 831. The molecule has 2 aromatic rings. The summed E-state index contributed by atoms with van der Waals surface area (Å²) in [5.41, 5.74) is 2.79. The van der Waals surface area contributed by atoms with Crippen LogP contribution in [0.4, 0.5) is 5.69 Å². The Morgan fingerprint density at radius 1 is 1.08 bits per heavy atom. The zero-order valence-corrected chi connectivity index (χ0v) is 14.0. The molecule has 0 fully saturated rings. The van der Waals surface area contributed by atoms with E-state index in [0.29, 0.717) is 5.69 Å². The minimum absolute atomic E-state index is 0.0822. The topological polar surface area (TPSA) is 79.5 Å². The van der Waals surface area contributed by atoms with E-state index in [4.69, 9.17) is 4.74 Å². The fourth-order valence-corrected chi connectivity index (χ4v) is 2.79. The molecule has 3 N–H and O–H groups in total. The molecule has 0 bridgehead atoms. The second-order valence-electron chi connectivity index (χ2n) is 5.62. The van der Waals surface area contributed by atoms with Crippen LogP contribution in [0.5, 0.6) is 0 Å². The number of anilines is 1. The molecule has 1 heterocycles. The first-order valence-electron chi connectivity index (χ1n) is 7.87. The van der Waals surface area contributed by atoms with Gasteiger partial charge < -0.3 is 15.4 Å². The molecule has 0 spiro atoms. The van der Waals surface area contributed by atoms with Crippen molar-refractivity contribution < 1.29 is 14.3 Å². The number of hydrogen-bond donors (Lipinski definition) is 3. The third-order valence-corrected chi connectivity index (χ3v) is 3.89. The lowest BCUT2D eigenvalue weighted by Crippen LogP contribution is -2.33. The van der Waals surface area contributed by atoms with Crippen molar-refractivity contribution in [3.05, 3.63) is 77.3 Å². The van der Waals surface area contributed by atoms with Gasteiger partial charge in [-0.05, 0) is 11.6 Å². The molecule has 2 amide bonds. The summed E-state index contributed by atoms with van der Waals surface area (Å²) in [7, 11) is 1.41. The van der Waals surface area contributed by atoms with Crippen LogP contribution < -0.4 is 16.0 Å². The van der Waals surface area contributed by atoms with E-state index in [1.165, 1.54) is 14.0 Å². The van der Waals surface area contributed by atoms with Gasteiger partial charge >= 0.3 is 0 Å². The number of carbonyl (C=O) groups excluding carboxylic acids is 2. The number of nitrogens with one attached hydrogen (secondary N) is 3. The van der Waals surface area contributed by atoms with E-state index in [1.807, 2.05) is 54.6 Å². The highest BCUT2D eigenvalue weighted by Crippen LogP contribution is 2.32. The van der Waals surface area contributed by atoms with Crippen molar-refractivity contribution in [2.75, 3.05) is 12.4 Å². The summed E-state index contributed by atoms with van der Waals surface area (Å²) in [6, 6.07) is 17.1. The van der Waals surface area contributed by atoms with E-state index in [2.05, 4.69) is 16.0 Å². The third-order valence-electron chi connectivity index (χ3n) is 3.89. The third kappa shape index (κ3) is 3.47. The molecule has 3 rings (SSSR count). The molecule has 0 aliphatic carbocycles. The van der Waals surface area contributed by atoms with E-state index >= 15 is 0 Å². The summed E-state index contributed by atoms with van der Waals surface area (Å²) in [6.45, 7) is 1.36. The zero-order chi connectivity index (χ0) is 17.8. The van der Waals surface area contributed by atoms with Crippen molar-refractivity contribution in [3.8, 4) is 0 Å². The molecule has 0 saturated carbocycles. The first-order chi connectivity index (χ1) is 12.1. The number of methoxy groups -OCH3 is 1. The van der Waals surface area contributed by atoms with Crippen LogP contribution in [0.25, 0.3) is 0 Å². The van der Waals surface area contributed by atoms with E-state index in [1.54, 1.807) is 0 Å². The SMILES string of the molecule is CO/C(NC(C)=O)=C1/N[C@H](c2ccccc2)c2ccccc2NC1=O. The van der Waals surface area contributed by atoms with Crippen molar-refractivity contribution in [3.63, 3.8) is 0 Å². The summed E-state index contributed by atoms with van der Waals surface area (Å²) in [6.07, 6.45) is 0. The highest BCUT2D eigenvalue weighted by molar-refractivity contribution is 6.05. The van der Waals surface area contributed by atoms with E-state index < -0.39 is 0 Å². The maximum absolute atomic E-state index is 12.7. The highest BCUT2D eigenvalue weighted by atomic mass is 16.5. The van der Waals surface area contributed by atoms with Crippen LogP contribution in [0.15, 0.2) is 66.2 Å². The zero-order valence-electron chi connectivity index (χ0n) is 14.0. The maximum atomic E-state index is 12.7. The summed E-state index contributed by atoms with van der Waals surface area (Å²) in [5, 5.41) is 8.64. The number of carbonyl (C=O) groups is 2. The highest BCUT2D eigenvalue weighted by Gasteiger charge is 2.29. The second kappa shape index (κ2) is 7.09. The predicted octanol–water partition coefficient (Wildman–Crippen LogP) is 2.27. The van der Waals surface area contributed by atoms with Gasteiger partial charge in [0, 0.05) is 18.2 Å². The van der Waals surface area contributed by atoms with E-state index in [0.717, 1.165) is 11.1 Å². The summed E-state index contributed by atoms with van der Waals surface area (Å²) in [4.78, 5) is 24.1. The van der Waals surface area contributed by atoms with Gasteiger partial charge in [0.05, 0.1) is 13.2 Å². The fourth-order valence-electron chi connectivity index (χ4n) is 2.79. The number of hydrogen-bond acceptors (Lipinski definition) is 4. The van der Waals surface area contributed by atoms with Crippen LogP contribution in [0.3, 0.4) is 0 Å². The molecule has 1 aliphatic rings. The number of amides is 2. The molecule has 2 aromatic carbocycles. The summed E-state index contributed by atoms with van der Waals surface area (Å²) >= 11 is 0. The Labute approximate surface area is 145 Å². The van der Waals surface area contributed by atoms with Crippen LogP contribution in [0.1, 0.15) is 24.1 Å². The molecule has 0 unspecified atom stereocenters. The van der Waals surface area contributed by atoms with Crippen LogP contribution in [0, 0.1) is 0 Å². The Balaban J connectivity index is 2.13. The monoisotopic (exact) mass is 337 g/mol. The minimum atomic E-state index is -0.378. The van der Waals surface area contributed by atoms with Crippen molar-refractivity contribution in [1.29, 1.82) is 0 Å². The molecule has 0 saturated heterocycles. The molecule has 0 radical (unpaired) electrons. The van der Waals surface area contributed by atoms with Gasteiger partial charge in [-0.1, -0.05) is 48.5 Å². The van der Waals surface area contributed by atoms with E-state index in [9.17, 15) is 9.59 Å². The Kier molecular flexibility index (Phi) is 4.70. The molecule has 6 nitrogen and oxygen atoms in total. The van der Waals surface area contributed by atoms with E-state index in [-0.39, 0.29) is 29.4 Å². The predicted molar refractivity (Wildman–Crippen MR) is 94.3 cm³/mol.